The molecule has 0 saturated carbocycles. The van der Waals surface area contributed by atoms with Crippen LogP contribution in [0, 0.1) is 5.41 Å². The number of hydrogen-bond donors (Lipinski definition) is 0. The normalized spacial score (nSPS) is 14.6. The fraction of sp³-hybridized carbons (Fsp3) is 0.889. The van der Waals surface area contributed by atoms with E-state index in [4.69, 9.17) is 0 Å². The van der Waals surface area contributed by atoms with Crippen molar-refractivity contribution in [1.82, 2.24) is 0 Å². The molecule has 90 valence electrons. The van der Waals surface area contributed by atoms with Crippen molar-refractivity contribution in [2.75, 3.05) is 0 Å². The molecule has 0 aliphatic rings. The Morgan fingerprint density at radius 1 is 1.25 bits per heavy atom. The van der Waals surface area contributed by atoms with Gasteiger partial charge in [0.2, 0.25) is 5.78 Å². The molecule has 1 atom stereocenters. The van der Waals surface area contributed by atoms with Crippen molar-refractivity contribution in [3.63, 3.8) is 0 Å². The maximum atomic E-state index is 12.4. The molecule has 0 spiro atoms. The first kappa shape index (κ1) is 18.7. The molecule has 0 saturated heterocycles. The molecule has 7 heteroatoms. The van der Waals surface area contributed by atoms with E-state index < -0.39 is 36.1 Å². The van der Waals surface area contributed by atoms with E-state index >= 15 is 0 Å². The first-order valence-corrected chi connectivity index (χ1v) is 4.34. The Morgan fingerprint density at radius 2 is 1.62 bits per heavy atom. The Morgan fingerprint density at radius 3 is 1.88 bits per heavy atom. The second-order valence-electron chi connectivity index (χ2n) is 4.41. The van der Waals surface area contributed by atoms with Gasteiger partial charge >= 0.3 is 41.9 Å². The molecule has 0 aromatic carbocycles. The van der Waals surface area contributed by atoms with Crippen LogP contribution in [0.4, 0.5) is 17.6 Å². The summed E-state index contributed by atoms with van der Waals surface area (Å²) in [4.78, 5) is 10.7. The van der Waals surface area contributed by atoms with E-state index in [-0.39, 0.29) is 29.6 Å². The second-order valence-corrected chi connectivity index (χ2v) is 4.41. The summed E-state index contributed by atoms with van der Waals surface area (Å²) in [5, 5.41) is 11.2. The van der Waals surface area contributed by atoms with Crippen molar-refractivity contribution in [3.05, 3.63) is 0 Å². The molecule has 0 rings (SSSR count). The minimum absolute atomic E-state index is 0. The first-order chi connectivity index (χ1) is 6.49. The van der Waals surface area contributed by atoms with Crippen molar-refractivity contribution >= 4 is 5.78 Å². The van der Waals surface area contributed by atoms with Crippen LogP contribution >= 0.6 is 0 Å². The van der Waals surface area contributed by atoms with Crippen molar-refractivity contribution < 1.29 is 57.0 Å². The number of carbonyl (C=O) groups is 1. The summed E-state index contributed by atoms with van der Waals surface area (Å²) in [6.45, 7) is 4.37. The molecule has 1 unspecified atom stereocenters. The van der Waals surface area contributed by atoms with Crippen LogP contribution in [0.3, 0.4) is 0 Å². The van der Waals surface area contributed by atoms with Gasteiger partial charge in [-0.15, -0.1) is 6.10 Å². The standard InChI is InChI=1S/C9H13F4O2.Na/c1-8(2,3)5(14)4-6(15)9(12,13)7(10)11;/h5,7H,4H2,1-3H3;/q-1;+1. The topological polar surface area (TPSA) is 40.1 Å². The van der Waals surface area contributed by atoms with Crippen molar-refractivity contribution in [2.45, 2.75) is 45.6 Å². The van der Waals surface area contributed by atoms with Gasteiger partial charge in [-0.3, -0.25) is 4.79 Å². The monoisotopic (exact) mass is 252 g/mol. The van der Waals surface area contributed by atoms with Crippen LogP contribution in [0.15, 0.2) is 0 Å². The number of carbonyl (C=O) groups excluding carboxylic acids is 1. The van der Waals surface area contributed by atoms with Crippen LogP contribution in [-0.4, -0.2) is 24.2 Å². The van der Waals surface area contributed by atoms with Crippen LogP contribution in [0.2, 0.25) is 0 Å². The minimum Gasteiger partial charge on any atom is -0.851 e. The molecule has 0 bridgehead atoms. The van der Waals surface area contributed by atoms with Gasteiger partial charge in [-0.2, -0.15) is 8.78 Å². The molecule has 0 amide bonds. The van der Waals surface area contributed by atoms with Gasteiger partial charge < -0.3 is 5.11 Å². The van der Waals surface area contributed by atoms with E-state index in [1.165, 1.54) is 20.8 Å². The Kier molecular flexibility index (Phi) is 7.40. The largest absolute Gasteiger partial charge is 1.00 e. The first-order valence-electron chi connectivity index (χ1n) is 4.34. The third-order valence-electron chi connectivity index (χ3n) is 1.98. The van der Waals surface area contributed by atoms with Crippen molar-refractivity contribution in [3.8, 4) is 0 Å². The van der Waals surface area contributed by atoms with E-state index in [0.29, 0.717) is 0 Å². The molecule has 0 fully saturated rings. The van der Waals surface area contributed by atoms with Gasteiger partial charge in [0, 0.05) is 6.42 Å². The predicted octanol–water partition coefficient (Wildman–Crippen LogP) is -1.37. The molecule has 0 radical (unpaired) electrons. The van der Waals surface area contributed by atoms with Gasteiger partial charge in [0.15, 0.2) is 0 Å². The summed E-state index contributed by atoms with van der Waals surface area (Å²) in [6.07, 6.45) is -6.76. The number of hydrogen-bond acceptors (Lipinski definition) is 2. The van der Waals surface area contributed by atoms with Crippen molar-refractivity contribution in [2.24, 2.45) is 5.41 Å². The molecule has 2 nitrogen and oxygen atoms in total. The van der Waals surface area contributed by atoms with Crippen LogP contribution in [0.1, 0.15) is 27.2 Å². The fourth-order valence-corrected chi connectivity index (χ4v) is 0.732. The van der Waals surface area contributed by atoms with Crippen LogP contribution < -0.4 is 34.7 Å². The van der Waals surface area contributed by atoms with Crippen LogP contribution in [0.25, 0.3) is 0 Å². The number of ketones is 1. The van der Waals surface area contributed by atoms with Crippen molar-refractivity contribution in [1.29, 1.82) is 0 Å². The molecular weight excluding hydrogens is 239 g/mol. The average molecular weight is 252 g/mol. The summed E-state index contributed by atoms with van der Waals surface area (Å²) in [5.41, 5.74) is -0.909. The molecule has 0 aliphatic heterocycles. The third-order valence-corrected chi connectivity index (χ3v) is 1.98. The molecule has 0 aromatic heterocycles. The van der Waals surface area contributed by atoms with Gasteiger partial charge in [0.25, 0.3) is 0 Å². The maximum absolute atomic E-state index is 12.4. The number of rotatable bonds is 4. The Labute approximate surface area is 114 Å². The zero-order valence-electron chi connectivity index (χ0n) is 9.69. The molecule has 0 N–H and O–H groups in total. The quantitative estimate of drug-likeness (QED) is 0.457. The van der Waals surface area contributed by atoms with Gasteiger partial charge in [-0.25, -0.2) is 8.78 Å². The summed E-state index contributed by atoms with van der Waals surface area (Å²) >= 11 is 0. The van der Waals surface area contributed by atoms with E-state index in [2.05, 4.69) is 0 Å². The van der Waals surface area contributed by atoms with E-state index in [1.54, 1.807) is 0 Å². The summed E-state index contributed by atoms with van der Waals surface area (Å²) < 4.78 is 48.4. The molecular formula is C9H13F4NaO2. The maximum Gasteiger partial charge on any atom is 1.00 e. The Balaban J connectivity index is 0. The molecule has 0 aromatic rings. The predicted molar refractivity (Wildman–Crippen MR) is 43.8 cm³/mol. The number of halogens is 4. The average Bonchev–Trinajstić information content (AvgIpc) is 2.01. The van der Waals surface area contributed by atoms with E-state index in [0.717, 1.165) is 0 Å². The smallest absolute Gasteiger partial charge is 0.851 e. The number of alkyl halides is 4. The van der Waals surface area contributed by atoms with Gasteiger partial charge in [-0.1, -0.05) is 26.2 Å². The minimum atomic E-state index is -4.71. The van der Waals surface area contributed by atoms with E-state index in [9.17, 15) is 27.5 Å². The zero-order valence-corrected chi connectivity index (χ0v) is 11.7. The van der Waals surface area contributed by atoms with Gasteiger partial charge in [-0.05, 0) is 0 Å². The van der Waals surface area contributed by atoms with Gasteiger partial charge in [0.05, 0.1) is 0 Å². The summed E-state index contributed by atoms with van der Waals surface area (Å²) in [6, 6.07) is 0. The van der Waals surface area contributed by atoms with Crippen LogP contribution in [0.5, 0.6) is 0 Å². The molecule has 0 heterocycles. The SMILES string of the molecule is CC(C)(C)C([O-])CC(=O)C(F)(F)C(F)F.[Na+]. The summed E-state index contributed by atoms with van der Waals surface area (Å²) in [7, 11) is 0. The molecule has 16 heavy (non-hydrogen) atoms. The second kappa shape index (κ2) is 6.33. The molecule has 0 aliphatic carbocycles. The van der Waals surface area contributed by atoms with Gasteiger partial charge in [0.1, 0.15) is 0 Å². The third kappa shape index (κ3) is 5.12. The fourth-order valence-electron chi connectivity index (χ4n) is 0.732. The number of Topliss-reactive ketones (excluding diaryl/α,β-unsaturated/α-hetero) is 1. The Hall–Kier alpha value is 0.350. The van der Waals surface area contributed by atoms with E-state index in [1.807, 2.05) is 0 Å². The zero-order chi connectivity index (χ0) is 12.4. The summed E-state index contributed by atoms with van der Waals surface area (Å²) in [5.74, 6) is -6.71. The Bertz CT molecular complexity index is 238. The van der Waals surface area contributed by atoms with Crippen LogP contribution in [-0.2, 0) is 4.79 Å².